The second-order valence-corrected chi connectivity index (χ2v) is 10.00. The number of halogens is 1. The van der Waals surface area contributed by atoms with Gasteiger partial charge in [-0.1, -0.05) is 84.0 Å². The molecule has 0 atom stereocenters. The fourth-order valence-corrected chi connectivity index (χ4v) is 5.79. The van der Waals surface area contributed by atoms with Crippen LogP contribution in [0.15, 0.2) is 131 Å². The van der Waals surface area contributed by atoms with Crippen LogP contribution in [0.1, 0.15) is 0 Å². The Kier molecular flexibility index (Phi) is 5.73. The van der Waals surface area contributed by atoms with Crippen LogP contribution in [0.3, 0.4) is 0 Å². The summed E-state index contributed by atoms with van der Waals surface area (Å²) in [7, 11) is 2.13. The molecular formula is C31H23ClN2S. The first-order valence-electron chi connectivity index (χ1n) is 11.5. The van der Waals surface area contributed by atoms with E-state index in [1.165, 1.54) is 26.7 Å². The minimum Gasteiger partial charge on any atom is -0.344 e. The fourth-order valence-electron chi connectivity index (χ4n) is 4.60. The van der Waals surface area contributed by atoms with E-state index in [2.05, 4.69) is 126 Å². The lowest BCUT2D eigenvalue weighted by Crippen LogP contribution is -2.16. The second-order valence-electron chi connectivity index (χ2n) is 8.48. The van der Waals surface area contributed by atoms with E-state index >= 15 is 0 Å². The van der Waals surface area contributed by atoms with Gasteiger partial charge in [-0.05, 0) is 66.2 Å². The summed E-state index contributed by atoms with van der Waals surface area (Å²) >= 11 is 7.97. The number of hydrogen-bond acceptors (Lipinski definition) is 3. The third-order valence-corrected chi connectivity index (χ3v) is 7.71. The zero-order chi connectivity index (χ0) is 23.8. The minimum atomic E-state index is 0.743. The maximum Gasteiger partial charge on any atom is 0.0601 e. The van der Waals surface area contributed by atoms with Crippen LogP contribution < -0.4 is 9.80 Å². The van der Waals surface area contributed by atoms with Gasteiger partial charge in [-0.2, -0.15) is 0 Å². The summed E-state index contributed by atoms with van der Waals surface area (Å²) in [6.45, 7) is 0. The largest absolute Gasteiger partial charge is 0.344 e. The van der Waals surface area contributed by atoms with Crippen molar-refractivity contribution in [2.75, 3.05) is 16.8 Å². The van der Waals surface area contributed by atoms with Crippen LogP contribution in [0, 0.1) is 0 Å². The van der Waals surface area contributed by atoms with Crippen molar-refractivity contribution in [1.82, 2.24) is 0 Å². The van der Waals surface area contributed by atoms with Crippen molar-refractivity contribution in [1.29, 1.82) is 0 Å². The molecule has 0 unspecified atom stereocenters. The van der Waals surface area contributed by atoms with Crippen molar-refractivity contribution < 1.29 is 0 Å². The summed E-state index contributed by atoms with van der Waals surface area (Å²) in [6.07, 6.45) is 0. The molecule has 35 heavy (non-hydrogen) atoms. The van der Waals surface area contributed by atoms with Crippen molar-refractivity contribution in [3.05, 3.63) is 126 Å². The Labute approximate surface area is 215 Å². The van der Waals surface area contributed by atoms with E-state index < -0.39 is 0 Å². The molecule has 1 aliphatic heterocycles. The van der Waals surface area contributed by atoms with Crippen LogP contribution in [0.5, 0.6) is 0 Å². The Bertz CT molecular complexity index is 1470. The molecule has 0 saturated heterocycles. The first-order valence-corrected chi connectivity index (χ1v) is 12.7. The number of fused-ring (bicyclic) bond motifs is 2. The predicted octanol–water partition coefficient (Wildman–Crippen LogP) is 9.71. The lowest BCUT2D eigenvalue weighted by molar-refractivity contribution is 1.15. The number of benzene rings is 5. The lowest BCUT2D eigenvalue weighted by Gasteiger charge is -2.33. The monoisotopic (exact) mass is 490 g/mol. The molecule has 0 spiro atoms. The topological polar surface area (TPSA) is 6.48 Å². The van der Waals surface area contributed by atoms with E-state index in [0.717, 1.165) is 27.6 Å². The standard InChI is InChI=1S/C31H23ClN2S/c1-33(27-12-3-2-11-26(27)22-17-19-23(32)20-18-22)24-9-8-10-25(21-24)34-28-13-4-6-15-30(28)35-31-16-7-5-14-29(31)34/h2-21H,1H3. The van der Waals surface area contributed by atoms with Gasteiger partial charge in [0.05, 0.1) is 11.4 Å². The van der Waals surface area contributed by atoms with Crippen LogP contribution in [0.4, 0.5) is 28.4 Å². The Morgan fingerprint density at radius 2 is 1.29 bits per heavy atom. The molecule has 0 radical (unpaired) electrons. The Hall–Kier alpha value is -3.66. The number of rotatable bonds is 4. The summed E-state index contributed by atoms with van der Waals surface area (Å²) in [4.78, 5) is 7.14. The summed E-state index contributed by atoms with van der Waals surface area (Å²) in [5, 5.41) is 0.743. The van der Waals surface area contributed by atoms with Crippen LogP contribution >= 0.6 is 23.4 Å². The first kappa shape index (κ1) is 21.8. The van der Waals surface area contributed by atoms with Gasteiger partial charge in [0.1, 0.15) is 0 Å². The Morgan fingerprint density at radius 1 is 0.657 bits per heavy atom. The SMILES string of the molecule is CN(c1cccc(N2c3ccccc3Sc3ccccc32)c1)c1ccccc1-c1ccc(Cl)cc1. The molecule has 0 aliphatic carbocycles. The van der Waals surface area contributed by atoms with Crippen LogP contribution in [-0.2, 0) is 0 Å². The maximum absolute atomic E-state index is 6.14. The minimum absolute atomic E-state index is 0.743. The van der Waals surface area contributed by atoms with Gasteiger partial charge in [-0.25, -0.2) is 0 Å². The smallest absolute Gasteiger partial charge is 0.0601 e. The molecule has 5 aromatic carbocycles. The molecule has 6 rings (SSSR count). The van der Waals surface area contributed by atoms with Gasteiger partial charge < -0.3 is 9.80 Å². The molecule has 0 fully saturated rings. The third kappa shape index (κ3) is 4.07. The maximum atomic E-state index is 6.14. The molecular weight excluding hydrogens is 468 g/mol. The molecule has 1 aliphatic rings. The van der Waals surface area contributed by atoms with E-state index in [1.54, 1.807) is 0 Å². The second kappa shape index (κ2) is 9.18. The number of anilines is 5. The van der Waals surface area contributed by atoms with Gasteiger partial charge >= 0.3 is 0 Å². The van der Waals surface area contributed by atoms with E-state index in [0.29, 0.717) is 0 Å². The molecule has 1 heterocycles. The van der Waals surface area contributed by atoms with Gasteiger partial charge in [0.15, 0.2) is 0 Å². The summed E-state index contributed by atoms with van der Waals surface area (Å²) in [5.74, 6) is 0. The average Bonchev–Trinajstić information content (AvgIpc) is 2.92. The highest BCUT2D eigenvalue weighted by atomic mass is 35.5. The highest BCUT2D eigenvalue weighted by molar-refractivity contribution is 7.99. The Balaban J connectivity index is 1.43. The van der Waals surface area contributed by atoms with Crippen molar-refractivity contribution in [2.24, 2.45) is 0 Å². The molecule has 4 heteroatoms. The average molecular weight is 491 g/mol. The van der Waals surface area contributed by atoms with Crippen LogP contribution in [0.2, 0.25) is 5.02 Å². The predicted molar refractivity (Wildman–Crippen MR) is 150 cm³/mol. The molecule has 0 aromatic heterocycles. The van der Waals surface area contributed by atoms with E-state index in [9.17, 15) is 0 Å². The zero-order valence-corrected chi connectivity index (χ0v) is 20.8. The molecule has 0 N–H and O–H groups in total. The highest BCUT2D eigenvalue weighted by Crippen LogP contribution is 2.51. The van der Waals surface area contributed by atoms with Crippen molar-refractivity contribution in [3.8, 4) is 11.1 Å². The van der Waals surface area contributed by atoms with Gasteiger partial charge in [-0.15, -0.1) is 0 Å². The van der Waals surface area contributed by atoms with Crippen LogP contribution in [-0.4, -0.2) is 7.05 Å². The number of nitrogens with zero attached hydrogens (tertiary/aromatic N) is 2. The normalized spacial score (nSPS) is 12.1. The Morgan fingerprint density at radius 3 is 2.00 bits per heavy atom. The quantitative estimate of drug-likeness (QED) is 0.243. The summed E-state index contributed by atoms with van der Waals surface area (Å²) < 4.78 is 0. The summed E-state index contributed by atoms with van der Waals surface area (Å²) in [6, 6.07) is 42.5. The molecule has 5 aromatic rings. The van der Waals surface area contributed by atoms with Gasteiger partial charge in [0.2, 0.25) is 0 Å². The molecule has 0 saturated carbocycles. The van der Waals surface area contributed by atoms with Gasteiger partial charge in [-0.3, -0.25) is 0 Å². The molecule has 0 amide bonds. The third-order valence-electron chi connectivity index (χ3n) is 6.33. The molecule has 0 bridgehead atoms. The summed E-state index contributed by atoms with van der Waals surface area (Å²) in [5.41, 5.74) is 8.12. The number of para-hydroxylation sites is 3. The molecule has 2 nitrogen and oxygen atoms in total. The van der Waals surface area contributed by atoms with Crippen molar-refractivity contribution in [2.45, 2.75) is 9.79 Å². The highest BCUT2D eigenvalue weighted by Gasteiger charge is 2.24. The van der Waals surface area contributed by atoms with Crippen molar-refractivity contribution in [3.63, 3.8) is 0 Å². The lowest BCUT2D eigenvalue weighted by atomic mass is 10.0. The van der Waals surface area contributed by atoms with Crippen LogP contribution in [0.25, 0.3) is 11.1 Å². The fraction of sp³-hybridized carbons (Fsp3) is 0.0323. The van der Waals surface area contributed by atoms with Crippen molar-refractivity contribution >= 4 is 51.8 Å². The van der Waals surface area contributed by atoms with E-state index in [1.807, 2.05) is 23.9 Å². The first-order chi connectivity index (χ1) is 17.2. The van der Waals surface area contributed by atoms with Gasteiger partial charge in [0.25, 0.3) is 0 Å². The zero-order valence-electron chi connectivity index (χ0n) is 19.2. The number of hydrogen-bond donors (Lipinski definition) is 0. The van der Waals surface area contributed by atoms with Gasteiger partial charge in [0, 0.05) is 44.5 Å². The van der Waals surface area contributed by atoms with E-state index in [-0.39, 0.29) is 0 Å². The van der Waals surface area contributed by atoms with E-state index in [4.69, 9.17) is 11.6 Å². The molecule has 170 valence electrons.